The van der Waals surface area contributed by atoms with Crippen LogP contribution >= 0.6 is 0 Å². The Morgan fingerprint density at radius 2 is 2.29 bits per heavy atom. The van der Waals surface area contributed by atoms with Gasteiger partial charge in [-0.25, -0.2) is 0 Å². The second-order valence-corrected chi connectivity index (χ2v) is 6.79. The van der Waals surface area contributed by atoms with Crippen molar-refractivity contribution in [2.24, 2.45) is 0 Å². The minimum absolute atomic E-state index is 0.0538. The van der Waals surface area contributed by atoms with Crippen molar-refractivity contribution in [1.82, 2.24) is 5.32 Å². The zero-order valence-electron chi connectivity index (χ0n) is 13.4. The van der Waals surface area contributed by atoms with Gasteiger partial charge in [0.05, 0.1) is 6.61 Å². The Morgan fingerprint density at radius 3 is 3.05 bits per heavy atom. The average molecular weight is 288 g/mol. The molecular weight excluding hydrogens is 260 g/mol. The third-order valence-electron chi connectivity index (χ3n) is 5.27. The van der Waals surface area contributed by atoms with Crippen molar-refractivity contribution < 1.29 is 5.11 Å². The first-order valence-corrected chi connectivity index (χ1v) is 8.39. The van der Waals surface area contributed by atoms with Gasteiger partial charge in [-0.2, -0.15) is 0 Å². The van der Waals surface area contributed by atoms with E-state index in [9.17, 15) is 5.11 Å². The summed E-state index contributed by atoms with van der Waals surface area (Å²) in [6, 6.07) is 7.45. The van der Waals surface area contributed by atoms with E-state index in [2.05, 4.69) is 42.3 Å². The summed E-state index contributed by atoms with van der Waals surface area (Å²) in [4.78, 5) is 2.60. The van der Waals surface area contributed by atoms with Gasteiger partial charge < -0.3 is 15.3 Å². The fraction of sp³-hybridized carbons (Fsp3) is 0.667. The van der Waals surface area contributed by atoms with Crippen molar-refractivity contribution in [2.45, 2.75) is 57.5 Å². The molecular formula is C18H28N2O. The van der Waals surface area contributed by atoms with Gasteiger partial charge >= 0.3 is 0 Å². The number of fused-ring (bicyclic) bond motifs is 1. The van der Waals surface area contributed by atoms with Crippen LogP contribution in [0.2, 0.25) is 0 Å². The maximum Gasteiger partial charge on any atom is 0.0614 e. The SMILES string of the molecule is CCNC1(CO)CCC(N2CCCc3cc(C)ccc32)C1. The molecule has 3 heteroatoms. The van der Waals surface area contributed by atoms with Crippen LogP contribution in [0.25, 0.3) is 0 Å². The number of anilines is 1. The molecule has 21 heavy (non-hydrogen) atoms. The molecule has 0 spiro atoms. The number of nitrogens with zero attached hydrogens (tertiary/aromatic N) is 1. The van der Waals surface area contributed by atoms with Gasteiger partial charge in [0.15, 0.2) is 0 Å². The highest BCUT2D eigenvalue weighted by atomic mass is 16.3. The fourth-order valence-corrected chi connectivity index (χ4v) is 4.23. The molecule has 116 valence electrons. The van der Waals surface area contributed by atoms with Crippen molar-refractivity contribution in [3.05, 3.63) is 29.3 Å². The fourth-order valence-electron chi connectivity index (χ4n) is 4.23. The van der Waals surface area contributed by atoms with Gasteiger partial charge in [0.2, 0.25) is 0 Å². The number of aliphatic hydroxyl groups is 1. The second kappa shape index (κ2) is 5.98. The number of nitrogens with one attached hydrogen (secondary N) is 1. The maximum atomic E-state index is 9.81. The normalized spacial score (nSPS) is 28.7. The number of aryl methyl sites for hydroxylation is 2. The van der Waals surface area contributed by atoms with E-state index in [0.29, 0.717) is 6.04 Å². The predicted molar refractivity (Wildman–Crippen MR) is 88.0 cm³/mol. The molecule has 0 bridgehead atoms. The average Bonchev–Trinajstić information content (AvgIpc) is 2.91. The van der Waals surface area contributed by atoms with Crippen LogP contribution in [0.5, 0.6) is 0 Å². The number of aliphatic hydroxyl groups excluding tert-OH is 1. The topological polar surface area (TPSA) is 35.5 Å². The van der Waals surface area contributed by atoms with Crippen LogP contribution in [0.3, 0.4) is 0 Å². The lowest BCUT2D eigenvalue weighted by atomic mass is 9.95. The van der Waals surface area contributed by atoms with Crippen LogP contribution < -0.4 is 10.2 Å². The first-order chi connectivity index (χ1) is 10.2. The summed E-state index contributed by atoms with van der Waals surface area (Å²) in [7, 11) is 0. The molecule has 1 saturated carbocycles. The third kappa shape index (κ3) is 2.82. The van der Waals surface area contributed by atoms with E-state index >= 15 is 0 Å². The highest BCUT2D eigenvalue weighted by molar-refractivity contribution is 5.57. The molecule has 1 aliphatic carbocycles. The summed E-state index contributed by atoms with van der Waals surface area (Å²) in [5.41, 5.74) is 4.24. The molecule has 3 rings (SSSR count). The van der Waals surface area contributed by atoms with Gasteiger partial charge in [0, 0.05) is 23.8 Å². The zero-order valence-corrected chi connectivity index (χ0v) is 13.4. The molecule has 2 aliphatic rings. The van der Waals surface area contributed by atoms with Crippen molar-refractivity contribution in [2.75, 3.05) is 24.6 Å². The van der Waals surface area contributed by atoms with Crippen molar-refractivity contribution in [3.63, 3.8) is 0 Å². The zero-order chi connectivity index (χ0) is 14.9. The van der Waals surface area contributed by atoms with Crippen LogP contribution in [0.1, 0.15) is 43.7 Å². The molecule has 1 aliphatic heterocycles. The Hall–Kier alpha value is -1.06. The van der Waals surface area contributed by atoms with E-state index in [1.165, 1.54) is 36.1 Å². The molecule has 2 unspecified atom stereocenters. The van der Waals surface area contributed by atoms with Crippen LogP contribution in [0, 0.1) is 6.92 Å². The van der Waals surface area contributed by atoms with Gasteiger partial charge in [-0.1, -0.05) is 24.6 Å². The van der Waals surface area contributed by atoms with E-state index in [0.717, 1.165) is 25.9 Å². The van der Waals surface area contributed by atoms with Crippen LogP contribution in [-0.4, -0.2) is 36.4 Å². The van der Waals surface area contributed by atoms with Crippen molar-refractivity contribution in [1.29, 1.82) is 0 Å². The standard InChI is InChI=1S/C18H28N2O/c1-3-19-18(13-21)9-8-16(12-18)20-10-4-5-15-11-14(2)6-7-17(15)20/h6-7,11,16,19,21H,3-5,8-10,12-13H2,1-2H3. The first kappa shape index (κ1) is 14.9. The number of hydrogen-bond acceptors (Lipinski definition) is 3. The first-order valence-electron chi connectivity index (χ1n) is 8.39. The molecule has 0 saturated heterocycles. The summed E-state index contributed by atoms with van der Waals surface area (Å²) in [6.45, 7) is 6.66. The lowest BCUT2D eigenvalue weighted by molar-refractivity contribution is 0.165. The summed E-state index contributed by atoms with van der Waals surface area (Å²) in [6.07, 6.45) is 5.78. The predicted octanol–water partition coefficient (Wildman–Crippen LogP) is 2.64. The molecule has 0 radical (unpaired) electrons. The van der Waals surface area contributed by atoms with Gasteiger partial charge in [-0.05, 0) is 57.2 Å². The van der Waals surface area contributed by atoms with Gasteiger partial charge in [-0.3, -0.25) is 0 Å². The number of likely N-dealkylation sites (N-methyl/N-ethyl adjacent to an activating group) is 1. The molecule has 0 aromatic heterocycles. The molecule has 0 amide bonds. The highest BCUT2D eigenvalue weighted by Crippen LogP contribution is 2.38. The number of rotatable bonds is 4. The lowest BCUT2D eigenvalue weighted by Gasteiger charge is -2.38. The second-order valence-electron chi connectivity index (χ2n) is 6.79. The summed E-state index contributed by atoms with van der Waals surface area (Å²) < 4.78 is 0. The van der Waals surface area contributed by atoms with E-state index in [4.69, 9.17) is 0 Å². The molecule has 2 N–H and O–H groups in total. The van der Waals surface area contributed by atoms with Crippen LogP contribution in [0.4, 0.5) is 5.69 Å². The lowest BCUT2D eigenvalue weighted by Crippen LogP contribution is -2.48. The molecule has 1 aromatic rings. The Bertz CT molecular complexity index is 502. The van der Waals surface area contributed by atoms with Gasteiger partial charge in [0.1, 0.15) is 0 Å². The molecule has 1 heterocycles. The van der Waals surface area contributed by atoms with Crippen molar-refractivity contribution >= 4 is 5.69 Å². The summed E-state index contributed by atoms with van der Waals surface area (Å²) >= 11 is 0. The van der Waals surface area contributed by atoms with E-state index in [1.807, 2.05) is 0 Å². The highest BCUT2D eigenvalue weighted by Gasteiger charge is 2.41. The van der Waals surface area contributed by atoms with Gasteiger partial charge in [0.25, 0.3) is 0 Å². The Labute approximate surface area is 128 Å². The van der Waals surface area contributed by atoms with E-state index < -0.39 is 0 Å². The Morgan fingerprint density at radius 1 is 1.43 bits per heavy atom. The van der Waals surface area contributed by atoms with Crippen molar-refractivity contribution in [3.8, 4) is 0 Å². The quantitative estimate of drug-likeness (QED) is 0.894. The van der Waals surface area contributed by atoms with E-state index in [-0.39, 0.29) is 12.1 Å². The van der Waals surface area contributed by atoms with E-state index in [1.54, 1.807) is 0 Å². The summed E-state index contributed by atoms with van der Waals surface area (Å²) in [5.74, 6) is 0. The number of benzene rings is 1. The maximum absolute atomic E-state index is 9.81. The largest absolute Gasteiger partial charge is 0.394 e. The van der Waals surface area contributed by atoms with Crippen LogP contribution in [0.15, 0.2) is 18.2 Å². The minimum atomic E-state index is -0.0538. The molecule has 1 fully saturated rings. The molecule has 1 aromatic carbocycles. The molecule has 2 atom stereocenters. The van der Waals surface area contributed by atoms with Crippen LogP contribution in [-0.2, 0) is 6.42 Å². The Balaban J connectivity index is 1.80. The summed E-state index contributed by atoms with van der Waals surface area (Å²) in [5, 5.41) is 13.3. The monoisotopic (exact) mass is 288 g/mol. The number of hydrogen-bond donors (Lipinski definition) is 2. The smallest absolute Gasteiger partial charge is 0.0614 e. The van der Waals surface area contributed by atoms with Gasteiger partial charge in [-0.15, -0.1) is 0 Å². The third-order valence-corrected chi connectivity index (χ3v) is 5.27. The Kier molecular flexibility index (Phi) is 4.23. The molecule has 3 nitrogen and oxygen atoms in total. The minimum Gasteiger partial charge on any atom is -0.394 e.